The lowest BCUT2D eigenvalue weighted by molar-refractivity contribution is -0.121. The minimum Gasteiger partial charge on any atom is -0.352 e. The molecule has 2 rings (SSSR count). The molecule has 0 saturated carbocycles. The molecular formula is C15H17F2N3O. The zero-order valence-electron chi connectivity index (χ0n) is 12.0. The number of aromatic nitrogens is 2. The fourth-order valence-electron chi connectivity index (χ4n) is 2.13. The van der Waals surface area contributed by atoms with Crippen LogP contribution in [0.15, 0.2) is 18.2 Å². The summed E-state index contributed by atoms with van der Waals surface area (Å²) in [6.45, 7) is 3.83. The van der Waals surface area contributed by atoms with Crippen LogP contribution in [0.1, 0.15) is 28.9 Å². The predicted molar refractivity (Wildman–Crippen MR) is 74.6 cm³/mol. The van der Waals surface area contributed by atoms with Crippen LogP contribution in [-0.4, -0.2) is 16.1 Å². The van der Waals surface area contributed by atoms with Crippen LogP contribution in [0.25, 0.3) is 0 Å². The van der Waals surface area contributed by atoms with E-state index >= 15 is 0 Å². The van der Waals surface area contributed by atoms with Crippen molar-refractivity contribution in [1.29, 1.82) is 0 Å². The van der Waals surface area contributed by atoms with Crippen molar-refractivity contribution in [2.75, 3.05) is 0 Å². The summed E-state index contributed by atoms with van der Waals surface area (Å²) < 4.78 is 26.2. The summed E-state index contributed by atoms with van der Waals surface area (Å²) in [5.41, 5.74) is 3.12. The van der Waals surface area contributed by atoms with E-state index in [1.165, 1.54) is 12.1 Å². The van der Waals surface area contributed by atoms with E-state index in [4.69, 9.17) is 0 Å². The van der Waals surface area contributed by atoms with Gasteiger partial charge in [-0.05, 0) is 31.9 Å². The SMILES string of the molecule is Cc1n[nH]c(C)c1CCC(=O)NCc1ccc(F)cc1F. The number of H-pyrrole nitrogens is 1. The number of benzene rings is 1. The van der Waals surface area contributed by atoms with E-state index in [-0.39, 0.29) is 18.0 Å². The van der Waals surface area contributed by atoms with Gasteiger partial charge in [0.2, 0.25) is 5.91 Å². The van der Waals surface area contributed by atoms with E-state index in [2.05, 4.69) is 15.5 Å². The van der Waals surface area contributed by atoms with Gasteiger partial charge in [-0.1, -0.05) is 6.07 Å². The number of aromatic amines is 1. The quantitative estimate of drug-likeness (QED) is 0.890. The molecule has 112 valence electrons. The first-order chi connectivity index (χ1) is 9.97. The van der Waals surface area contributed by atoms with Gasteiger partial charge in [-0.25, -0.2) is 8.78 Å². The Balaban J connectivity index is 1.85. The molecule has 0 atom stereocenters. The van der Waals surface area contributed by atoms with E-state index < -0.39 is 11.6 Å². The van der Waals surface area contributed by atoms with Gasteiger partial charge in [-0.2, -0.15) is 5.10 Å². The van der Waals surface area contributed by atoms with Gasteiger partial charge in [0.25, 0.3) is 0 Å². The molecule has 6 heteroatoms. The van der Waals surface area contributed by atoms with Crippen LogP contribution in [0.2, 0.25) is 0 Å². The minimum absolute atomic E-state index is 0.0499. The van der Waals surface area contributed by atoms with Gasteiger partial charge in [-0.3, -0.25) is 9.89 Å². The lowest BCUT2D eigenvalue weighted by Crippen LogP contribution is -2.23. The van der Waals surface area contributed by atoms with Crippen molar-refractivity contribution in [3.8, 4) is 0 Å². The van der Waals surface area contributed by atoms with Crippen LogP contribution in [0.4, 0.5) is 8.78 Å². The monoisotopic (exact) mass is 293 g/mol. The number of amides is 1. The Labute approximate surface area is 121 Å². The van der Waals surface area contributed by atoms with Gasteiger partial charge >= 0.3 is 0 Å². The minimum atomic E-state index is -0.656. The normalized spacial score (nSPS) is 10.7. The van der Waals surface area contributed by atoms with Gasteiger partial charge in [0, 0.05) is 30.3 Å². The van der Waals surface area contributed by atoms with E-state index in [0.29, 0.717) is 12.8 Å². The topological polar surface area (TPSA) is 57.8 Å². The molecule has 0 fully saturated rings. The summed E-state index contributed by atoms with van der Waals surface area (Å²) >= 11 is 0. The molecule has 4 nitrogen and oxygen atoms in total. The van der Waals surface area contributed by atoms with Crippen molar-refractivity contribution < 1.29 is 13.6 Å². The average molecular weight is 293 g/mol. The Morgan fingerprint density at radius 3 is 2.71 bits per heavy atom. The van der Waals surface area contributed by atoms with Gasteiger partial charge in [0.15, 0.2) is 0 Å². The Morgan fingerprint density at radius 1 is 1.33 bits per heavy atom. The lowest BCUT2D eigenvalue weighted by atomic mass is 10.1. The third-order valence-corrected chi connectivity index (χ3v) is 3.37. The zero-order chi connectivity index (χ0) is 15.4. The second-order valence-corrected chi connectivity index (χ2v) is 4.93. The van der Waals surface area contributed by atoms with Crippen LogP contribution in [-0.2, 0) is 17.8 Å². The summed E-state index contributed by atoms with van der Waals surface area (Å²) in [4.78, 5) is 11.8. The fraction of sp³-hybridized carbons (Fsp3) is 0.333. The van der Waals surface area contributed by atoms with Gasteiger partial charge in [-0.15, -0.1) is 0 Å². The first kappa shape index (κ1) is 15.2. The number of hydrogen-bond acceptors (Lipinski definition) is 2. The molecule has 0 unspecified atom stereocenters. The number of hydrogen-bond donors (Lipinski definition) is 2. The smallest absolute Gasteiger partial charge is 0.220 e. The van der Waals surface area contributed by atoms with Crippen LogP contribution in [0, 0.1) is 25.5 Å². The summed E-state index contributed by atoms with van der Waals surface area (Å²) in [5, 5.41) is 9.56. The molecule has 1 aromatic carbocycles. The van der Waals surface area contributed by atoms with Crippen LogP contribution in [0.5, 0.6) is 0 Å². The highest BCUT2D eigenvalue weighted by Crippen LogP contribution is 2.12. The highest BCUT2D eigenvalue weighted by Gasteiger charge is 2.10. The van der Waals surface area contributed by atoms with Crippen molar-refractivity contribution in [1.82, 2.24) is 15.5 Å². The van der Waals surface area contributed by atoms with Gasteiger partial charge in [0.05, 0.1) is 5.69 Å². The van der Waals surface area contributed by atoms with Crippen LogP contribution >= 0.6 is 0 Å². The standard InChI is InChI=1S/C15H17F2N3O/c1-9-13(10(2)20-19-9)5-6-15(21)18-8-11-3-4-12(16)7-14(11)17/h3-4,7H,5-6,8H2,1-2H3,(H,18,21)(H,19,20). The Morgan fingerprint density at radius 2 is 2.10 bits per heavy atom. The van der Waals surface area contributed by atoms with E-state index in [0.717, 1.165) is 23.0 Å². The molecule has 2 aromatic rings. The van der Waals surface area contributed by atoms with Gasteiger partial charge in [0.1, 0.15) is 11.6 Å². The van der Waals surface area contributed by atoms with Crippen molar-refractivity contribution in [2.45, 2.75) is 33.2 Å². The number of halogens is 2. The number of nitrogens with zero attached hydrogens (tertiary/aromatic N) is 1. The number of aryl methyl sites for hydroxylation is 2. The third-order valence-electron chi connectivity index (χ3n) is 3.37. The molecule has 1 amide bonds. The molecule has 0 aliphatic rings. The van der Waals surface area contributed by atoms with Crippen molar-refractivity contribution in [3.63, 3.8) is 0 Å². The van der Waals surface area contributed by atoms with Gasteiger partial charge < -0.3 is 5.32 Å². The number of carbonyl (C=O) groups is 1. The van der Waals surface area contributed by atoms with Crippen LogP contribution < -0.4 is 5.32 Å². The molecule has 1 aromatic heterocycles. The first-order valence-electron chi connectivity index (χ1n) is 6.68. The molecule has 0 aliphatic heterocycles. The summed E-state index contributed by atoms with van der Waals surface area (Å²) in [5.74, 6) is -1.47. The largest absolute Gasteiger partial charge is 0.352 e. The second kappa shape index (κ2) is 6.47. The molecule has 0 spiro atoms. The Bertz CT molecular complexity index is 633. The predicted octanol–water partition coefficient (Wildman–Crippen LogP) is 2.55. The van der Waals surface area contributed by atoms with Crippen LogP contribution in [0.3, 0.4) is 0 Å². The fourth-order valence-corrected chi connectivity index (χ4v) is 2.13. The molecule has 21 heavy (non-hydrogen) atoms. The van der Waals surface area contributed by atoms with Crippen molar-refractivity contribution in [2.24, 2.45) is 0 Å². The molecule has 0 radical (unpaired) electrons. The summed E-state index contributed by atoms with van der Waals surface area (Å²) in [6.07, 6.45) is 0.871. The maximum absolute atomic E-state index is 13.4. The molecule has 1 heterocycles. The maximum atomic E-state index is 13.4. The van der Waals surface area contributed by atoms with Crippen molar-refractivity contribution >= 4 is 5.91 Å². The average Bonchev–Trinajstić information content (AvgIpc) is 2.75. The Hall–Kier alpha value is -2.24. The zero-order valence-corrected chi connectivity index (χ0v) is 12.0. The van der Waals surface area contributed by atoms with E-state index in [1.807, 2.05) is 13.8 Å². The summed E-state index contributed by atoms with van der Waals surface area (Å²) in [7, 11) is 0. The summed E-state index contributed by atoms with van der Waals surface area (Å²) in [6, 6.07) is 3.30. The lowest BCUT2D eigenvalue weighted by Gasteiger charge is -2.07. The second-order valence-electron chi connectivity index (χ2n) is 4.93. The third kappa shape index (κ3) is 3.87. The van der Waals surface area contributed by atoms with Crippen molar-refractivity contribution in [3.05, 3.63) is 52.3 Å². The number of nitrogens with one attached hydrogen (secondary N) is 2. The highest BCUT2D eigenvalue weighted by molar-refractivity contribution is 5.76. The number of rotatable bonds is 5. The molecule has 0 aliphatic carbocycles. The highest BCUT2D eigenvalue weighted by atomic mass is 19.1. The first-order valence-corrected chi connectivity index (χ1v) is 6.68. The number of carbonyl (C=O) groups excluding carboxylic acids is 1. The maximum Gasteiger partial charge on any atom is 0.220 e. The molecule has 0 saturated heterocycles. The molecule has 2 N–H and O–H groups in total. The Kier molecular flexibility index (Phi) is 4.67. The van der Waals surface area contributed by atoms with E-state index in [9.17, 15) is 13.6 Å². The molecule has 0 bridgehead atoms. The molecular weight excluding hydrogens is 276 g/mol. The van der Waals surface area contributed by atoms with E-state index in [1.54, 1.807) is 0 Å².